The molecule has 5 rings (SSSR count). The highest BCUT2D eigenvalue weighted by molar-refractivity contribution is 5.41. The predicted molar refractivity (Wildman–Crippen MR) is 127 cm³/mol. The van der Waals surface area contributed by atoms with E-state index < -0.39 is 0 Å². The van der Waals surface area contributed by atoms with E-state index in [9.17, 15) is 5.26 Å². The Hall–Kier alpha value is -2.85. The molecule has 0 heterocycles. The molecule has 2 unspecified atom stereocenters. The summed E-state index contributed by atoms with van der Waals surface area (Å²) in [5.41, 5.74) is 3.78. The van der Waals surface area contributed by atoms with Crippen LogP contribution < -0.4 is 0 Å². The van der Waals surface area contributed by atoms with Gasteiger partial charge in [-0.05, 0) is 65.0 Å². The van der Waals surface area contributed by atoms with Crippen LogP contribution in [0.25, 0.3) is 0 Å². The minimum Gasteiger partial charge on any atom is -0.198 e. The van der Waals surface area contributed by atoms with Gasteiger partial charge in [0, 0.05) is 0 Å². The molecule has 0 aliphatic heterocycles. The maximum Gasteiger partial charge on any atom is 0.0690 e. The Kier molecular flexibility index (Phi) is 4.60. The molecule has 0 saturated heterocycles. The third-order valence-corrected chi connectivity index (χ3v) is 8.16. The maximum atomic E-state index is 10.7. The van der Waals surface area contributed by atoms with Gasteiger partial charge in [-0.3, -0.25) is 0 Å². The van der Waals surface area contributed by atoms with Crippen molar-refractivity contribution in [3.8, 4) is 6.07 Å². The van der Waals surface area contributed by atoms with Gasteiger partial charge in [-0.1, -0.05) is 105 Å². The van der Waals surface area contributed by atoms with Crippen LogP contribution in [0.5, 0.6) is 0 Å². The Morgan fingerprint density at radius 1 is 0.548 bits per heavy atom. The molecular weight excluding hydrogens is 374 g/mol. The fourth-order valence-electron chi connectivity index (χ4n) is 7.44. The van der Waals surface area contributed by atoms with Crippen molar-refractivity contribution >= 4 is 0 Å². The average molecular weight is 406 g/mol. The second-order valence-corrected chi connectivity index (χ2v) is 10.8. The van der Waals surface area contributed by atoms with Crippen molar-refractivity contribution in [1.29, 1.82) is 5.26 Å². The quantitative estimate of drug-likeness (QED) is 0.447. The minimum atomic E-state index is -0.332. The van der Waals surface area contributed by atoms with E-state index in [-0.39, 0.29) is 21.7 Å². The topological polar surface area (TPSA) is 23.8 Å². The number of fused-ring (bicyclic) bond motifs is 2. The van der Waals surface area contributed by atoms with Crippen molar-refractivity contribution in [1.82, 2.24) is 0 Å². The first-order chi connectivity index (χ1) is 14.9. The molecule has 2 saturated carbocycles. The number of rotatable bonds is 3. The zero-order valence-corrected chi connectivity index (χ0v) is 18.6. The molecule has 2 aliphatic carbocycles. The van der Waals surface area contributed by atoms with E-state index in [0.29, 0.717) is 0 Å². The second-order valence-electron chi connectivity index (χ2n) is 10.8. The lowest BCUT2D eigenvalue weighted by atomic mass is 9.41. The fraction of sp³-hybridized carbons (Fsp3) is 0.367. The summed E-state index contributed by atoms with van der Waals surface area (Å²) < 4.78 is 0. The number of benzene rings is 3. The highest BCUT2D eigenvalue weighted by Gasteiger charge is 2.61. The molecule has 3 aromatic carbocycles. The molecule has 1 heteroatoms. The van der Waals surface area contributed by atoms with Gasteiger partial charge in [-0.2, -0.15) is 5.26 Å². The summed E-state index contributed by atoms with van der Waals surface area (Å²) in [7, 11) is 0. The molecule has 2 aliphatic rings. The van der Waals surface area contributed by atoms with Crippen LogP contribution in [0.2, 0.25) is 0 Å². The SMILES string of the molecule is CC1(c2ccccc2)CC2(C#N)CC(C)(c3ccccc3)CC(c3ccccc3)(C2)C1. The molecule has 0 amide bonds. The Labute approximate surface area is 186 Å². The summed E-state index contributed by atoms with van der Waals surface area (Å²) in [6, 6.07) is 35.8. The molecule has 156 valence electrons. The normalized spacial score (nSPS) is 34.6. The Morgan fingerprint density at radius 2 is 0.935 bits per heavy atom. The third kappa shape index (κ3) is 3.30. The van der Waals surface area contributed by atoms with Crippen LogP contribution in [0.15, 0.2) is 91.0 Å². The first-order valence-electron chi connectivity index (χ1n) is 11.5. The third-order valence-electron chi connectivity index (χ3n) is 8.16. The second kappa shape index (κ2) is 7.10. The molecule has 0 N–H and O–H groups in total. The Morgan fingerprint density at radius 3 is 1.32 bits per heavy atom. The highest BCUT2D eigenvalue weighted by atomic mass is 14.6. The van der Waals surface area contributed by atoms with Crippen LogP contribution in [0, 0.1) is 16.7 Å². The Bertz CT molecular complexity index is 1030. The van der Waals surface area contributed by atoms with Crippen molar-refractivity contribution in [2.45, 2.75) is 62.2 Å². The van der Waals surface area contributed by atoms with E-state index in [1.165, 1.54) is 16.7 Å². The van der Waals surface area contributed by atoms with Crippen molar-refractivity contribution in [3.05, 3.63) is 108 Å². The first-order valence-corrected chi connectivity index (χ1v) is 11.5. The number of hydrogen-bond donors (Lipinski definition) is 0. The van der Waals surface area contributed by atoms with Gasteiger partial charge in [-0.25, -0.2) is 0 Å². The smallest absolute Gasteiger partial charge is 0.0690 e. The van der Waals surface area contributed by atoms with Crippen LogP contribution in [0.4, 0.5) is 0 Å². The van der Waals surface area contributed by atoms with Crippen LogP contribution >= 0.6 is 0 Å². The summed E-state index contributed by atoms with van der Waals surface area (Å²) in [4.78, 5) is 0. The molecule has 3 aromatic rings. The fourth-order valence-corrected chi connectivity index (χ4v) is 7.44. The lowest BCUT2D eigenvalue weighted by molar-refractivity contribution is 0.00223. The summed E-state index contributed by atoms with van der Waals surface area (Å²) in [6.45, 7) is 4.80. The van der Waals surface area contributed by atoms with Gasteiger partial charge in [0.15, 0.2) is 0 Å². The van der Waals surface area contributed by atoms with Gasteiger partial charge in [0.05, 0.1) is 11.5 Å². The van der Waals surface area contributed by atoms with E-state index in [1.807, 2.05) is 0 Å². The van der Waals surface area contributed by atoms with Crippen molar-refractivity contribution < 1.29 is 0 Å². The van der Waals surface area contributed by atoms with Crippen LogP contribution in [-0.2, 0) is 16.2 Å². The molecule has 2 atom stereocenters. The van der Waals surface area contributed by atoms with E-state index in [0.717, 1.165) is 32.1 Å². The lowest BCUT2D eigenvalue weighted by Gasteiger charge is -2.61. The maximum absolute atomic E-state index is 10.7. The van der Waals surface area contributed by atoms with Gasteiger partial charge in [-0.15, -0.1) is 0 Å². The van der Waals surface area contributed by atoms with E-state index >= 15 is 0 Å². The number of nitrogens with zero attached hydrogens (tertiary/aromatic N) is 1. The lowest BCUT2D eigenvalue weighted by Crippen LogP contribution is -2.57. The molecule has 2 fully saturated rings. The number of nitriles is 1. The van der Waals surface area contributed by atoms with Gasteiger partial charge >= 0.3 is 0 Å². The monoisotopic (exact) mass is 405 g/mol. The summed E-state index contributed by atoms with van der Waals surface area (Å²) in [5, 5.41) is 10.7. The van der Waals surface area contributed by atoms with E-state index in [2.05, 4.69) is 111 Å². The van der Waals surface area contributed by atoms with Gasteiger partial charge in [0.25, 0.3) is 0 Å². The molecule has 0 aromatic heterocycles. The number of hydrogen-bond acceptors (Lipinski definition) is 1. The van der Waals surface area contributed by atoms with Gasteiger partial charge in [0.1, 0.15) is 0 Å². The molecule has 31 heavy (non-hydrogen) atoms. The largest absolute Gasteiger partial charge is 0.198 e. The van der Waals surface area contributed by atoms with Crippen LogP contribution in [0.3, 0.4) is 0 Å². The molecule has 0 radical (unpaired) electrons. The van der Waals surface area contributed by atoms with E-state index in [1.54, 1.807) is 0 Å². The molecule has 2 bridgehead atoms. The Balaban J connectivity index is 1.70. The highest BCUT2D eigenvalue weighted by Crippen LogP contribution is 2.66. The molecule has 1 nitrogen and oxygen atoms in total. The van der Waals surface area contributed by atoms with Gasteiger partial charge < -0.3 is 0 Å². The molecule has 0 spiro atoms. The zero-order valence-electron chi connectivity index (χ0n) is 18.6. The average Bonchev–Trinajstić information content (AvgIpc) is 2.80. The van der Waals surface area contributed by atoms with Crippen molar-refractivity contribution in [2.75, 3.05) is 0 Å². The van der Waals surface area contributed by atoms with Crippen molar-refractivity contribution in [3.63, 3.8) is 0 Å². The summed E-state index contributed by atoms with van der Waals surface area (Å²) >= 11 is 0. The van der Waals surface area contributed by atoms with Crippen molar-refractivity contribution in [2.24, 2.45) is 5.41 Å². The standard InChI is InChI=1S/C30H31N/c1-27(24-12-6-3-7-13-24)18-29(23-31)19-28(2,25-14-8-4-9-15-25)21-30(20-27,22-29)26-16-10-5-11-17-26/h3-17H,18-22H2,1-2H3. The predicted octanol–water partition coefficient (Wildman–Crippen LogP) is 7.33. The summed E-state index contributed by atoms with van der Waals surface area (Å²) in [5.74, 6) is 0. The first kappa shape index (κ1) is 20.1. The minimum absolute atomic E-state index is 0.0108. The van der Waals surface area contributed by atoms with Gasteiger partial charge in [0.2, 0.25) is 0 Å². The molecular formula is C30H31N. The van der Waals surface area contributed by atoms with Crippen LogP contribution in [0.1, 0.15) is 62.6 Å². The van der Waals surface area contributed by atoms with Crippen LogP contribution in [-0.4, -0.2) is 0 Å². The van der Waals surface area contributed by atoms with E-state index in [4.69, 9.17) is 0 Å². The zero-order chi connectivity index (χ0) is 21.6. The summed E-state index contributed by atoms with van der Waals surface area (Å²) in [6.07, 6.45) is 4.99.